The minimum Gasteiger partial charge on any atom is -0.493 e. The van der Waals surface area contributed by atoms with E-state index in [0.29, 0.717) is 29.6 Å². The predicted octanol–water partition coefficient (Wildman–Crippen LogP) is 2.70. The molecule has 0 unspecified atom stereocenters. The number of ketones is 1. The first-order valence-electron chi connectivity index (χ1n) is 6.60. The standard InChI is InChI=1S/C15H20O4/c1-11(16)13-3-4-14(17-2)15(9-13)19-10-12-5-7-18-8-6-12/h3-4,9,12H,5-8,10H2,1-2H3. The summed E-state index contributed by atoms with van der Waals surface area (Å²) in [7, 11) is 1.60. The number of hydrogen-bond donors (Lipinski definition) is 0. The van der Waals surface area contributed by atoms with Crippen molar-refractivity contribution in [2.24, 2.45) is 5.92 Å². The van der Waals surface area contributed by atoms with Gasteiger partial charge in [0.25, 0.3) is 0 Å². The van der Waals surface area contributed by atoms with Crippen LogP contribution in [0, 0.1) is 5.92 Å². The highest BCUT2D eigenvalue weighted by atomic mass is 16.5. The number of rotatable bonds is 5. The third kappa shape index (κ3) is 3.70. The smallest absolute Gasteiger partial charge is 0.161 e. The first-order valence-corrected chi connectivity index (χ1v) is 6.60. The second-order valence-electron chi connectivity index (χ2n) is 4.79. The lowest BCUT2D eigenvalue weighted by molar-refractivity contribution is 0.0493. The molecule has 0 N–H and O–H groups in total. The lowest BCUT2D eigenvalue weighted by Gasteiger charge is -2.22. The molecule has 1 aliphatic heterocycles. The molecule has 1 heterocycles. The fourth-order valence-corrected chi connectivity index (χ4v) is 2.13. The molecule has 1 saturated heterocycles. The number of hydrogen-bond acceptors (Lipinski definition) is 4. The van der Waals surface area contributed by atoms with Gasteiger partial charge in [-0.05, 0) is 43.9 Å². The lowest BCUT2D eigenvalue weighted by atomic mass is 10.0. The topological polar surface area (TPSA) is 44.8 Å². The van der Waals surface area contributed by atoms with E-state index in [4.69, 9.17) is 14.2 Å². The molecular formula is C15H20O4. The van der Waals surface area contributed by atoms with Gasteiger partial charge in [-0.3, -0.25) is 4.79 Å². The predicted molar refractivity (Wildman–Crippen MR) is 72.0 cm³/mol. The Morgan fingerprint density at radius 2 is 2.05 bits per heavy atom. The maximum Gasteiger partial charge on any atom is 0.161 e. The van der Waals surface area contributed by atoms with Crippen LogP contribution in [-0.4, -0.2) is 32.7 Å². The molecule has 0 aromatic heterocycles. The summed E-state index contributed by atoms with van der Waals surface area (Å²) in [6, 6.07) is 5.28. The quantitative estimate of drug-likeness (QED) is 0.767. The number of carbonyl (C=O) groups excluding carboxylic acids is 1. The number of Topliss-reactive ketones (excluding diaryl/α,β-unsaturated/α-hetero) is 1. The van der Waals surface area contributed by atoms with E-state index in [1.54, 1.807) is 32.2 Å². The zero-order chi connectivity index (χ0) is 13.7. The van der Waals surface area contributed by atoms with E-state index >= 15 is 0 Å². The van der Waals surface area contributed by atoms with Crippen molar-refractivity contribution >= 4 is 5.78 Å². The molecule has 19 heavy (non-hydrogen) atoms. The van der Waals surface area contributed by atoms with E-state index < -0.39 is 0 Å². The van der Waals surface area contributed by atoms with Crippen LogP contribution in [0.15, 0.2) is 18.2 Å². The minimum absolute atomic E-state index is 0.0265. The van der Waals surface area contributed by atoms with E-state index in [-0.39, 0.29) is 5.78 Å². The van der Waals surface area contributed by atoms with E-state index in [2.05, 4.69) is 0 Å². The molecule has 0 bridgehead atoms. The van der Waals surface area contributed by atoms with Gasteiger partial charge >= 0.3 is 0 Å². The van der Waals surface area contributed by atoms with Crippen molar-refractivity contribution in [3.05, 3.63) is 23.8 Å². The second-order valence-corrected chi connectivity index (χ2v) is 4.79. The van der Waals surface area contributed by atoms with Crippen LogP contribution in [0.1, 0.15) is 30.1 Å². The Labute approximate surface area is 113 Å². The van der Waals surface area contributed by atoms with Gasteiger partial charge in [0, 0.05) is 18.8 Å². The number of carbonyl (C=O) groups is 1. The van der Waals surface area contributed by atoms with Crippen LogP contribution in [0.2, 0.25) is 0 Å². The van der Waals surface area contributed by atoms with Crippen LogP contribution in [0.3, 0.4) is 0 Å². The van der Waals surface area contributed by atoms with Crippen LogP contribution in [-0.2, 0) is 4.74 Å². The Kier molecular flexibility index (Phi) is 4.80. The zero-order valence-corrected chi connectivity index (χ0v) is 11.5. The molecule has 1 aromatic rings. The Hall–Kier alpha value is -1.55. The normalized spacial score (nSPS) is 16.1. The Bertz CT molecular complexity index is 436. The largest absolute Gasteiger partial charge is 0.493 e. The molecule has 104 valence electrons. The van der Waals surface area contributed by atoms with Gasteiger partial charge in [0.2, 0.25) is 0 Å². The molecule has 1 fully saturated rings. The molecule has 1 aromatic carbocycles. The minimum atomic E-state index is 0.0265. The third-order valence-corrected chi connectivity index (χ3v) is 3.39. The molecule has 4 heteroatoms. The van der Waals surface area contributed by atoms with Crippen molar-refractivity contribution in [2.45, 2.75) is 19.8 Å². The highest BCUT2D eigenvalue weighted by Gasteiger charge is 2.16. The molecule has 0 amide bonds. The molecule has 0 radical (unpaired) electrons. The van der Waals surface area contributed by atoms with Gasteiger partial charge in [-0.15, -0.1) is 0 Å². The van der Waals surface area contributed by atoms with E-state index in [1.165, 1.54) is 0 Å². The highest BCUT2D eigenvalue weighted by molar-refractivity contribution is 5.94. The van der Waals surface area contributed by atoms with Crippen molar-refractivity contribution in [1.29, 1.82) is 0 Å². The zero-order valence-electron chi connectivity index (χ0n) is 11.5. The Morgan fingerprint density at radius 3 is 2.68 bits per heavy atom. The second kappa shape index (κ2) is 6.57. The summed E-state index contributed by atoms with van der Waals surface area (Å²) < 4.78 is 16.4. The first kappa shape index (κ1) is 13.9. The van der Waals surface area contributed by atoms with Crippen LogP contribution in [0.4, 0.5) is 0 Å². The molecule has 0 saturated carbocycles. The lowest BCUT2D eigenvalue weighted by Crippen LogP contribution is -2.21. The van der Waals surface area contributed by atoms with Gasteiger partial charge in [-0.2, -0.15) is 0 Å². The fourth-order valence-electron chi connectivity index (χ4n) is 2.13. The van der Waals surface area contributed by atoms with Crippen molar-refractivity contribution in [1.82, 2.24) is 0 Å². The maximum absolute atomic E-state index is 11.4. The molecule has 0 aliphatic carbocycles. The fraction of sp³-hybridized carbons (Fsp3) is 0.533. The number of benzene rings is 1. The van der Waals surface area contributed by atoms with Crippen LogP contribution in [0.25, 0.3) is 0 Å². The average Bonchev–Trinajstić information content (AvgIpc) is 2.45. The summed E-state index contributed by atoms with van der Waals surface area (Å²) >= 11 is 0. The number of ether oxygens (including phenoxy) is 3. The Morgan fingerprint density at radius 1 is 1.32 bits per heavy atom. The van der Waals surface area contributed by atoms with Gasteiger partial charge < -0.3 is 14.2 Å². The van der Waals surface area contributed by atoms with Crippen LogP contribution < -0.4 is 9.47 Å². The van der Waals surface area contributed by atoms with Gasteiger partial charge in [0.05, 0.1) is 13.7 Å². The molecule has 1 aliphatic rings. The average molecular weight is 264 g/mol. The number of methoxy groups -OCH3 is 1. The highest BCUT2D eigenvalue weighted by Crippen LogP contribution is 2.29. The summed E-state index contributed by atoms with van der Waals surface area (Å²) in [5, 5.41) is 0. The van der Waals surface area contributed by atoms with Crippen LogP contribution >= 0.6 is 0 Å². The van der Waals surface area contributed by atoms with Gasteiger partial charge in [0.1, 0.15) is 0 Å². The van der Waals surface area contributed by atoms with Crippen molar-refractivity contribution in [3.63, 3.8) is 0 Å². The van der Waals surface area contributed by atoms with Crippen molar-refractivity contribution in [3.8, 4) is 11.5 Å². The molecule has 2 rings (SSSR count). The van der Waals surface area contributed by atoms with Crippen LogP contribution in [0.5, 0.6) is 11.5 Å². The third-order valence-electron chi connectivity index (χ3n) is 3.39. The molecule has 0 atom stereocenters. The van der Waals surface area contributed by atoms with Gasteiger partial charge in [0.15, 0.2) is 17.3 Å². The van der Waals surface area contributed by atoms with E-state index in [9.17, 15) is 4.79 Å². The summed E-state index contributed by atoms with van der Waals surface area (Å²) in [6.45, 7) is 3.79. The molecule has 0 spiro atoms. The monoisotopic (exact) mass is 264 g/mol. The first-order chi connectivity index (χ1) is 9.20. The maximum atomic E-state index is 11.4. The van der Waals surface area contributed by atoms with Crippen molar-refractivity contribution < 1.29 is 19.0 Å². The summed E-state index contributed by atoms with van der Waals surface area (Å²) in [6.07, 6.45) is 2.05. The SMILES string of the molecule is COc1ccc(C(C)=O)cc1OCC1CCOCC1. The summed E-state index contributed by atoms with van der Waals surface area (Å²) in [4.78, 5) is 11.4. The molecule has 4 nitrogen and oxygen atoms in total. The summed E-state index contributed by atoms with van der Waals surface area (Å²) in [5.74, 6) is 1.84. The van der Waals surface area contributed by atoms with Gasteiger partial charge in [-0.25, -0.2) is 0 Å². The molecular weight excluding hydrogens is 244 g/mol. The van der Waals surface area contributed by atoms with Crippen molar-refractivity contribution in [2.75, 3.05) is 26.9 Å². The summed E-state index contributed by atoms with van der Waals surface area (Å²) in [5.41, 5.74) is 0.641. The Balaban J connectivity index is 2.04. The van der Waals surface area contributed by atoms with E-state index in [1.807, 2.05) is 0 Å². The van der Waals surface area contributed by atoms with Gasteiger partial charge in [-0.1, -0.05) is 0 Å². The van der Waals surface area contributed by atoms with E-state index in [0.717, 1.165) is 26.1 Å².